The van der Waals surface area contributed by atoms with E-state index in [1.54, 1.807) is 0 Å². The predicted octanol–water partition coefficient (Wildman–Crippen LogP) is 10.9. The molecule has 0 radical (unpaired) electrons. The van der Waals surface area contributed by atoms with Crippen LogP contribution < -0.4 is 0 Å². The molecule has 0 saturated carbocycles. The summed E-state index contributed by atoms with van der Waals surface area (Å²) >= 11 is 0. The van der Waals surface area contributed by atoms with Gasteiger partial charge in [0.1, 0.15) is 0 Å². The molecule has 0 atom stereocenters. The highest BCUT2D eigenvalue weighted by atomic mass is 14.0. The molecule has 0 unspecified atom stereocenters. The molecule has 0 aliphatic rings. The first-order chi connectivity index (χ1) is 13.9. The number of hydrogen-bond donors (Lipinski definition) is 0. The van der Waals surface area contributed by atoms with E-state index < -0.39 is 0 Å². The van der Waals surface area contributed by atoms with Crippen molar-refractivity contribution in [2.24, 2.45) is 0 Å². The maximum absolute atomic E-state index is 2.39. The lowest BCUT2D eigenvalue weighted by molar-refractivity contribution is 0.520. The second kappa shape index (κ2) is 26.7. The Labute approximate surface area is 180 Å². The van der Waals surface area contributed by atoms with Crippen molar-refractivity contribution in [3.63, 3.8) is 0 Å². The summed E-state index contributed by atoms with van der Waals surface area (Å²) in [7, 11) is 0. The van der Waals surface area contributed by atoms with Crippen LogP contribution in [0.1, 0.15) is 168 Å². The highest BCUT2D eigenvalue weighted by Crippen LogP contribution is 2.15. The fourth-order valence-electron chi connectivity index (χ4n) is 4.10. The molecule has 0 aromatic rings. The minimum absolute atomic E-state index is 1.26. The Hall–Kier alpha value is -0.260. The molecular formula is C28H56. The van der Waals surface area contributed by atoms with E-state index in [0.717, 1.165) is 0 Å². The van der Waals surface area contributed by atoms with Crippen molar-refractivity contribution in [1.82, 2.24) is 0 Å². The van der Waals surface area contributed by atoms with Crippen LogP contribution >= 0.6 is 0 Å². The Kier molecular flexibility index (Phi) is 26.5. The molecule has 0 aromatic carbocycles. The molecule has 0 heteroatoms. The molecule has 0 saturated heterocycles. The molecule has 168 valence electrons. The zero-order chi connectivity index (χ0) is 20.4. The molecule has 0 rings (SSSR count). The molecular weight excluding hydrogens is 336 g/mol. The Morgan fingerprint density at radius 2 is 0.571 bits per heavy atom. The summed E-state index contributed by atoms with van der Waals surface area (Å²) in [6.45, 7) is 4.56. The van der Waals surface area contributed by atoms with Crippen LogP contribution in [0.2, 0.25) is 0 Å². The third-order valence-corrected chi connectivity index (χ3v) is 6.10. The second-order valence-corrected chi connectivity index (χ2v) is 9.12. The zero-order valence-corrected chi connectivity index (χ0v) is 20.1. The van der Waals surface area contributed by atoms with Crippen molar-refractivity contribution in [3.05, 3.63) is 12.2 Å². The van der Waals surface area contributed by atoms with Crippen molar-refractivity contribution in [2.75, 3.05) is 0 Å². The summed E-state index contributed by atoms with van der Waals surface area (Å²) in [5.74, 6) is 0. The molecule has 0 fully saturated rings. The summed E-state index contributed by atoms with van der Waals surface area (Å²) in [4.78, 5) is 0. The lowest BCUT2D eigenvalue weighted by Gasteiger charge is -2.04. The minimum atomic E-state index is 1.26. The molecule has 0 N–H and O–H groups in total. The van der Waals surface area contributed by atoms with Crippen LogP contribution in [-0.2, 0) is 0 Å². The average Bonchev–Trinajstić information content (AvgIpc) is 2.71. The third kappa shape index (κ3) is 25.7. The maximum atomic E-state index is 2.39. The van der Waals surface area contributed by atoms with Gasteiger partial charge in [-0.3, -0.25) is 0 Å². The summed E-state index contributed by atoms with van der Waals surface area (Å²) < 4.78 is 0. The van der Waals surface area contributed by atoms with Crippen LogP contribution in [0.25, 0.3) is 0 Å². The van der Waals surface area contributed by atoms with Crippen LogP contribution in [0.5, 0.6) is 0 Å². The third-order valence-electron chi connectivity index (χ3n) is 6.10. The van der Waals surface area contributed by atoms with Crippen LogP contribution in [-0.4, -0.2) is 0 Å². The Balaban J connectivity index is 2.99. The van der Waals surface area contributed by atoms with Gasteiger partial charge >= 0.3 is 0 Å². The molecule has 0 amide bonds. The van der Waals surface area contributed by atoms with E-state index in [4.69, 9.17) is 0 Å². The molecule has 0 aliphatic heterocycles. The lowest BCUT2D eigenvalue weighted by Crippen LogP contribution is -1.84. The van der Waals surface area contributed by atoms with E-state index in [1.165, 1.54) is 154 Å². The molecule has 0 spiro atoms. The molecule has 0 bridgehead atoms. The van der Waals surface area contributed by atoms with E-state index in [2.05, 4.69) is 26.0 Å². The van der Waals surface area contributed by atoms with Crippen molar-refractivity contribution in [3.8, 4) is 0 Å². The van der Waals surface area contributed by atoms with Crippen molar-refractivity contribution >= 4 is 0 Å². The first kappa shape index (κ1) is 27.7. The van der Waals surface area contributed by atoms with E-state index in [0.29, 0.717) is 0 Å². The monoisotopic (exact) mass is 392 g/mol. The van der Waals surface area contributed by atoms with Gasteiger partial charge in [0, 0.05) is 0 Å². The number of allylic oxidation sites excluding steroid dienone is 2. The topological polar surface area (TPSA) is 0 Å². The van der Waals surface area contributed by atoms with Gasteiger partial charge in [0.15, 0.2) is 0 Å². The Morgan fingerprint density at radius 3 is 0.893 bits per heavy atom. The van der Waals surface area contributed by atoms with Crippen molar-refractivity contribution in [1.29, 1.82) is 0 Å². The standard InChI is InChI=1S/C28H56/c1-3-5-7-9-11-13-15-17-19-21-23-25-27-28-26-24-22-20-18-16-14-12-10-8-6-4-2/h7,9H,3-6,8,10-28H2,1-2H3/b9-7+. The van der Waals surface area contributed by atoms with Gasteiger partial charge < -0.3 is 0 Å². The van der Waals surface area contributed by atoms with E-state index in [9.17, 15) is 0 Å². The fourth-order valence-corrected chi connectivity index (χ4v) is 4.10. The molecule has 0 aliphatic carbocycles. The van der Waals surface area contributed by atoms with Gasteiger partial charge in [-0.15, -0.1) is 0 Å². The van der Waals surface area contributed by atoms with Gasteiger partial charge in [-0.05, 0) is 19.3 Å². The molecule has 0 heterocycles. The Bertz CT molecular complexity index is 278. The summed E-state index contributed by atoms with van der Waals surface area (Å²) in [6, 6.07) is 0. The summed E-state index contributed by atoms with van der Waals surface area (Å²) in [5.41, 5.74) is 0. The zero-order valence-electron chi connectivity index (χ0n) is 20.1. The van der Waals surface area contributed by atoms with Crippen molar-refractivity contribution in [2.45, 2.75) is 168 Å². The van der Waals surface area contributed by atoms with Crippen molar-refractivity contribution < 1.29 is 0 Å². The van der Waals surface area contributed by atoms with Gasteiger partial charge in [-0.1, -0.05) is 161 Å². The van der Waals surface area contributed by atoms with Gasteiger partial charge in [-0.2, -0.15) is 0 Å². The average molecular weight is 393 g/mol. The quantitative estimate of drug-likeness (QED) is 0.113. The van der Waals surface area contributed by atoms with Gasteiger partial charge in [0.2, 0.25) is 0 Å². The second-order valence-electron chi connectivity index (χ2n) is 9.12. The fraction of sp³-hybridized carbons (Fsp3) is 0.929. The van der Waals surface area contributed by atoms with E-state index in [-0.39, 0.29) is 0 Å². The van der Waals surface area contributed by atoms with E-state index >= 15 is 0 Å². The molecule has 28 heavy (non-hydrogen) atoms. The minimum Gasteiger partial charge on any atom is -0.0885 e. The highest BCUT2D eigenvalue weighted by Gasteiger charge is 1.95. The Morgan fingerprint density at radius 1 is 0.286 bits per heavy atom. The van der Waals surface area contributed by atoms with Crippen LogP contribution in [0, 0.1) is 0 Å². The van der Waals surface area contributed by atoms with Gasteiger partial charge in [-0.25, -0.2) is 0 Å². The maximum Gasteiger partial charge on any atom is -0.0351 e. The van der Waals surface area contributed by atoms with Gasteiger partial charge in [0.25, 0.3) is 0 Å². The van der Waals surface area contributed by atoms with Crippen LogP contribution in [0.15, 0.2) is 12.2 Å². The number of unbranched alkanes of at least 4 members (excludes halogenated alkanes) is 22. The predicted molar refractivity (Wildman–Crippen MR) is 131 cm³/mol. The summed E-state index contributed by atoms with van der Waals surface area (Å²) in [5, 5.41) is 0. The molecule has 0 nitrogen and oxygen atoms in total. The normalized spacial score (nSPS) is 11.6. The first-order valence-electron chi connectivity index (χ1n) is 13.6. The summed E-state index contributed by atoms with van der Waals surface area (Å²) in [6.07, 6.45) is 39.4. The highest BCUT2D eigenvalue weighted by molar-refractivity contribution is 4.80. The SMILES string of the molecule is CCC/C=C/CCCCCCCCCCCCCCCCCCCCCCC. The number of hydrogen-bond acceptors (Lipinski definition) is 0. The van der Waals surface area contributed by atoms with Gasteiger partial charge in [0.05, 0.1) is 0 Å². The van der Waals surface area contributed by atoms with Crippen LogP contribution in [0.4, 0.5) is 0 Å². The first-order valence-corrected chi connectivity index (χ1v) is 13.6. The van der Waals surface area contributed by atoms with E-state index in [1.807, 2.05) is 0 Å². The number of rotatable bonds is 24. The largest absolute Gasteiger partial charge is 0.0885 e. The lowest BCUT2D eigenvalue weighted by atomic mass is 10.0. The molecule has 0 aromatic heterocycles. The van der Waals surface area contributed by atoms with Crippen LogP contribution in [0.3, 0.4) is 0 Å². The smallest absolute Gasteiger partial charge is 0.0351 e.